The van der Waals surface area contributed by atoms with Gasteiger partial charge in [-0.25, -0.2) is 0 Å². The summed E-state index contributed by atoms with van der Waals surface area (Å²) < 4.78 is 42.2. The van der Waals surface area contributed by atoms with Gasteiger partial charge in [0.2, 0.25) is 0 Å². The molecule has 4 atom stereocenters. The maximum absolute atomic E-state index is 12.5. The van der Waals surface area contributed by atoms with Gasteiger partial charge in [0, 0.05) is 13.0 Å². The van der Waals surface area contributed by atoms with E-state index >= 15 is 0 Å². The van der Waals surface area contributed by atoms with Crippen LogP contribution in [0.15, 0.2) is 12.2 Å². The Morgan fingerprint density at radius 1 is 1.29 bits per heavy atom. The maximum atomic E-state index is 12.5. The predicted molar refractivity (Wildman–Crippen MR) is 45.7 cm³/mol. The van der Waals surface area contributed by atoms with Crippen LogP contribution in [-0.4, -0.2) is 19.4 Å². The van der Waals surface area contributed by atoms with E-state index in [-0.39, 0.29) is 11.8 Å². The monoisotopic (exact) mass is 206 g/mol. The van der Waals surface area contributed by atoms with Crippen LogP contribution in [0.25, 0.3) is 0 Å². The molecule has 4 heteroatoms. The van der Waals surface area contributed by atoms with E-state index in [1.807, 2.05) is 12.2 Å². The van der Waals surface area contributed by atoms with Crippen molar-refractivity contribution in [3.05, 3.63) is 12.2 Å². The molecule has 1 saturated carbocycles. The van der Waals surface area contributed by atoms with Gasteiger partial charge in [-0.05, 0) is 24.7 Å². The highest BCUT2D eigenvalue weighted by atomic mass is 19.4. The third kappa shape index (κ3) is 1.56. The molecule has 0 radical (unpaired) electrons. The molecule has 0 spiro atoms. The number of ether oxygens (including phenoxy) is 1. The first-order valence-corrected chi connectivity index (χ1v) is 4.80. The van der Waals surface area contributed by atoms with Gasteiger partial charge in [-0.3, -0.25) is 0 Å². The molecule has 0 heterocycles. The Morgan fingerprint density at radius 2 is 2.00 bits per heavy atom. The Labute approximate surface area is 80.9 Å². The quantitative estimate of drug-likeness (QED) is 0.631. The molecular formula is C10H13F3O. The third-order valence-electron chi connectivity index (χ3n) is 3.30. The number of rotatable bonds is 2. The second-order valence-corrected chi connectivity index (χ2v) is 4.14. The minimum atomic E-state index is -4.22. The van der Waals surface area contributed by atoms with Gasteiger partial charge in [0.15, 0.2) is 6.10 Å². The van der Waals surface area contributed by atoms with Crippen molar-refractivity contribution in [1.29, 1.82) is 0 Å². The van der Waals surface area contributed by atoms with Crippen molar-refractivity contribution in [2.75, 3.05) is 7.11 Å². The fraction of sp³-hybridized carbons (Fsp3) is 0.800. The Kier molecular flexibility index (Phi) is 2.33. The van der Waals surface area contributed by atoms with Crippen LogP contribution >= 0.6 is 0 Å². The van der Waals surface area contributed by atoms with Gasteiger partial charge in [-0.2, -0.15) is 13.2 Å². The number of allylic oxidation sites excluding steroid dienone is 2. The zero-order valence-corrected chi connectivity index (χ0v) is 7.92. The number of methoxy groups -OCH3 is 1. The summed E-state index contributed by atoms with van der Waals surface area (Å²) in [6.07, 6.45) is -0.360. The first-order chi connectivity index (χ1) is 6.52. The first-order valence-electron chi connectivity index (χ1n) is 4.80. The van der Waals surface area contributed by atoms with Gasteiger partial charge in [-0.15, -0.1) is 0 Å². The molecule has 0 N–H and O–H groups in total. The van der Waals surface area contributed by atoms with Crippen LogP contribution in [0.2, 0.25) is 0 Å². The summed E-state index contributed by atoms with van der Waals surface area (Å²) in [7, 11) is 1.15. The zero-order chi connectivity index (χ0) is 10.3. The molecule has 0 aromatic rings. The van der Waals surface area contributed by atoms with E-state index in [0.29, 0.717) is 12.3 Å². The molecule has 0 aliphatic heterocycles. The van der Waals surface area contributed by atoms with Crippen LogP contribution in [-0.2, 0) is 4.74 Å². The van der Waals surface area contributed by atoms with Gasteiger partial charge >= 0.3 is 6.18 Å². The molecule has 2 rings (SSSR count). The fourth-order valence-electron chi connectivity index (χ4n) is 2.72. The fourth-order valence-corrected chi connectivity index (χ4v) is 2.72. The van der Waals surface area contributed by atoms with E-state index in [1.54, 1.807) is 0 Å². The smallest absolute Gasteiger partial charge is 0.372 e. The average molecular weight is 206 g/mol. The van der Waals surface area contributed by atoms with Crippen molar-refractivity contribution >= 4 is 0 Å². The molecule has 1 nitrogen and oxygen atoms in total. The highest BCUT2D eigenvalue weighted by molar-refractivity contribution is 5.12. The lowest BCUT2D eigenvalue weighted by molar-refractivity contribution is -0.230. The summed E-state index contributed by atoms with van der Waals surface area (Å²) >= 11 is 0. The second kappa shape index (κ2) is 3.26. The van der Waals surface area contributed by atoms with Crippen molar-refractivity contribution in [2.24, 2.45) is 17.8 Å². The molecule has 0 aromatic carbocycles. The number of fused-ring (bicyclic) bond motifs is 2. The van der Waals surface area contributed by atoms with Crippen LogP contribution < -0.4 is 0 Å². The first kappa shape index (κ1) is 10.0. The lowest BCUT2D eigenvalue weighted by Gasteiger charge is -2.28. The van der Waals surface area contributed by atoms with E-state index in [4.69, 9.17) is 0 Å². The minimum Gasteiger partial charge on any atom is -0.372 e. The molecule has 80 valence electrons. The molecule has 2 aliphatic carbocycles. The van der Waals surface area contributed by atoms with Crippen molar-refractivity contribution in [3.63, 3.8) is 0 Å². The third-order valence-corrected chi connectivity index (χ3v) is 3.30. The second-order valence-electron chi connectivity index (χ2n) is 4.14. The molecular weight excluding hydrogens is 193 g/mol. The van der Waals surface area contributed by atoms with E-state index in [9.17, 15) is 13.2 Å². The van der Waals surface area contributed by atoms with Crippen molar-refractivity contribution < 1.29 is 17.9 Å². The van der Waals surface area contributed by atoms with E-state index in [0.717, 1.165) is 13.5 Å². The van der Waals surface area contributed by atoms with Crippen LogP contribution in [0.5, 0.6) is 0 Å². The standard InChI is InChI=1S/C10H13F3O/c1-14-9(10(11,12)13)8-5-6-2-3-7(8)4-6/h2-3,6-9H,4-5H2,1H3. The highest BCUT2D eigenvalue weighted by Crippen LogP contribution is 2.48. The molecule has 0 aromatic heterocycles. The molecule has 2 aliphatic rings. The molecule has 14 heavy (non-hydrogen) atoms. The van der Waals surface area contributed by atoms with Crippen molar-refractivity contribution in [3.8, 4) is 0 Å². The lowest BCUT2D eigenvalue weighted by atomic mass is 9.88. The van der Waals surface area contributed by atoms with Gasteiger partial charge < -0.3 is 4.74 Å². The van der Waals surface area contributed by atoms with Crippen molar-refractivity contribution in [2.45, 2.75) is 25.1 Å². The normalized spacial score (nSPS) is 37.9. The molecule has 0 amide bonds. The number of halogens is 3. The lowest BCUT2D eigenvalue weighted by Crippen LogP contribution is -2.39. The van der Waals surface area contributed by atoms with Crippen LogP contribution in [0.1, 0.15) is 12.8 Å². The van der Waals surface area contributed by atoms with Gasteiger partial charge in [0.1, 0.15) is 0 Å². The van der Waals surface area contributed by atoms with Crippen LogP contribution in [0.4, 0.5) is 13.2 Å². The number of alkyl halides is 3. The summed E-state index contributed by atoms with van der Waals surface area (Å²) in [6, 6.07) is 0. The van der Waals surface area contributed by atoms with Gasteiger partial charge in [0.05, 0.1) is 0 Å². The summed E-state index contributed by atoms with van der Waals surface area (Å²) in [5, 5.41) is 0. The Balaban J connectivity index is 2.10. The molecule has 1 fully saturated rings. The van der Waals surface area contributed by atoms with Gasteiger partial charge in [-0.1, -0.05) is 12.2 Å². The maximum Gasteiger partial charge on any atom is 0.414 e. The zero-order valence-electron chi connectivity index (χ0n) is 7.92. The van der Waals surface area contributed by atoms with Gasteiger partial charge in [0.25, 0.3) is 0 Å². The average Bonchev–Trinajstić information content (AvgIpc) is 2.63. The summed E-state index contributed by atoms with van der Waals surface area (Å²) in [5.41, 5.74) is 0. The summed E-state index contributed by atoms with van der Waals surface area (Å²) in [4.78, 5) is 0. The van der Waals surface area contributed by atoms with E-state index in [1.165, 1.54) is 0 Å². The Hall–Kier alpha value is -0.510. The van der Waals surface area contributed by atoms with Crippen LogP contribution in [0, 0.1) is 17.8 Å². The predicted octanol–water partition coefficient (Wildman–Crippen LogP) is 2.78. The largest absolute Gasteiger partial charge is 0.414 e. The minimum absolute atomic E-state index is 0.0755. The summed E-state index contributed by atoms with van der Waals surface area (Å²) in [5.74, 6) is 0.0616. The van der Waals surface area contributed by atoms with Crippen LogP contribution in [0.3, 0.4) is 0 Å². The van der Waals surface area contributed by atoms with E-state index < -0.39 is 12.3 Å². The summed E-state index contributed by atoms with van der Waals surface area (Å²) in [6.45, 7) is 0. The molecule has 4 unspecified atom stereocenters. The topological polar surface area (TPSA) is 9.23 Å². The Morgan fingerprint density at radius 3 is 2.36 bits per heavy atom. The van der Waals surface area contributed by atoms with E-state index in [2.05, 4.69) is 4.74 Å². The van der Waals surface area contributed by atoms with Crippen molar-refractivity contribution in [1.82, 2.24) is 0 Å². The Bertz CT molecular complexity index is 246. The number of hydrogen-bond donors (Lipinski definition) is 0. The molecule has 2 bridgehead atoms. The molecule has 0 saturated heterocycles. The number of hydrogen-bond acceptors (Lipinski definition) is 1. The SMILES string of the molecule is COC(C1CC2C=CC1C2)C(F)(F)F. The highest BCUT2D eigenvalue weighted by Gasteiger charge is 2.51.